The maximum Gasteiger partial charge on any atom is 0.274 e. The summed E-state index contributed by atoms with van der Waals surface area (Å²) < 4.78 is 8.70. The molecule has 8 heteroatoms. The molecule has 0 aliphatic heterocycles. The second-order valence-electron chi connectivity index (χ2n) is 6.48. The number of amides is 1. The van der Waals surface area contributed by atoms with Gasteiger partial charge in [0.25, 0.3) is 5.91 Å². The number of hydrogen-bond donors (Lipinski definition) is 1. The Hall–Kier alpha value is -4.46. The zero-order valence-electron chi connectivity index (χ0n) is 15.7. The predicted octanol–water partition coefficient (Wildman–Crippen LogP) is 3.97. The monoisotopic (exact) mass is 396 g/mol. The number of nitrogens with zero attached hydrogens (tertiary/aromatic N) is 5. The average molecular weight is 396 g/mol. The van der Waals surface area contributed by atoms with Gasteiger partial charge in [-0.2, -0.15) is 10.2 Å². The van der Waals surface area contributed by atoms with Gasteiger partial charge in [-0.1, -0.05) is 18.2 Å². The first-order chi connectivity index (χ1) is 14.8. The number of carbonyl (C=O) groups is 1. The van der Waals surface area contributed by atoms with Crippen LogP contribution in [0.3, 0.4) is 0 Å². The van der Waals surface area contributed by atoms with Crippen molar-refractivity contribution in [3.8, 4) is 22.8 Å². The van der Waals surface area contributed by atoms with Crippen molar-refractivity contribution in [2.45, 2.75) is 0 Å². The van der Waals surface area contributed by atoms with E-state index in [2.05, 4.69) is 20.5 Å². The molecule has 1 amide bonds. The first-order valence-corrected chi connectivity index (χ1v) is 9.24. The van der Waals surface area contributed by atoms with Gasteiger partial charge in [0, 0.05) is 11.8 Å². The molecule has 0 fully saturated rings. The van der Waals surface area contributed by atoms with E-state index < -0.39 is 0 Å². The molecule has 0 saturated heterocycles. The lowest BCUT2D eigenvalue weighted by Gasteiger charge is -2.09. The summed E-state index contributed by atoms with van der Waals surface area (Å²) in [5.74, 6) is 0.314. The molecule has 3 heterocycles. The molecule has 2 aromatic carbocycles. The van der Waals surface area contributed by atoms with Gasteiger partial charge in [-0.05, 0) is 48.5 Å². The topological polar surface area (TPSA) is 90.8 Å². The minimum absolute atomic E-state index is 0.280. The quantitative estimate of drug-likeness (QED) is 0.485. The molecule has 0 aliphatic carbocycles. The predicted molar refractivity (Wildman–Crippen MR) is 111 cm³/mol. The summed E-state index contributed by atoms with van der Waals surface area (Å²) in [4.78, 5) is 17.0. The Balaban J connectivity index is 1.46. The maximum absolute atomic E-state index is 13.1. The highest BCUT2D eigenvalue weighted by atomic mass is 16.3. The zero-order chi connectivity index (χ0) is 20.3. The Morgan fingerprint density at radius 1 is 0.933 bits per heavy atom. The molecule has 5 aromatic rings. The molecule has 8 nitrogen and oxygen atoms in total. The number of benzene rings is 2. The Morgan fingerprint density at radius 3 is 2.47 bits per heavy atom. The van der Waals surface area contributed by atoms with Crippen LogP contribution in [-0.2, 0) is 0 Å². The molecule has 0 unspecified atom stereocenters. The summed E-state index contributed by atoms with van der Waals surface area (Å²) in [6.45, 7) is 0. The second-order valence-corrected chi connectivity index (χ2v) is 6.48. The highest BCUT2D eigenvalue weighted by Gasteiger charge is 2.19. The number of furan rings is 1. The molecule has 0 atom stereocenters. The van der Waals surface area contributed by atoms with Crippen molar-refractivity contribution in [3.05, 3.63) is 97.4 Å². The lowest BCUT2D eigenvalue weighted by atomic mass is 10.2. The van der Waals surface area contributed by atoms with Crippen molar-refractivity contribution in [2.24, 2.45) is 0 Å². The number of carbonyl (C=O) groups excluding carboxylic acids is 1. The Morgan fingerprint density at radius 2 is 1.77 bits per heavy atom. The van der Waals surface area contributed by atoms with Gasteiger partial charge in [0.15, 0.2) is 5.76 Å². The smallest absolute Gasteiger partial charge is 0.274 e. The molecule has 146 valence electrons. The molecule has 0 bridgehead atoms. The van der Waals surface area contributed by atoms with Gasteiger partial charge in [0.05, 0.1) is 17.6 Å². The van der Waals surface area contributed by atoms with Crippen LogP contribution in [0.4, 0.5) is 5.69 Å². The van der Waals surface area contributed by atoms with E-state index in [1.807, 2.05) is 60.7 Å². The van der Waals surface area contributed by atoms with Crippen molar-refractivity contribution >= 4 is 11.6 Å². The van der Waals surface area contributed by atoms with Crippen molar-refractivity contribution < 1.29 is 9.21 Å². The van der Waals surface area contributed by atoms with Crippen LogP contribution in [0.1, 0.15) is 10.5 Å². The van der Waals surface area contributed by atoms with Gasteiger partial charge in [0.2, 0.25) is 0 Å². The fourth-order valence-corrected chi connectivity index (χ4v) is 3.09. The third-order valence-corrected chi connectivity index (χ3v) is 4.52. The van der Waals surface area contributed by atoms with Gasteiger partial charge >= 0.3 is 0 Å². The van der Waals surface area contributed by atoms with E-state index in [9.17, 15) is 4.79 Å². The Kier molecular flexibility index (Phi) is 4.41. The zero-order valence-corrected chi connectivity index (χ0v) is 15.7. The molecule has 0 aliphatic rings. The molecule has 1 N–H and O–H groups in total. The largest absolute Gasteiger partial charge is 0.463 e. The van der Waals surface area contributed by atoms with Crippen LogP contribution < -0.4 is 5.32 Å². The number of rotatable bonds is 5. The van der Waals surface area contributed by atoms with E-state index in [0.717, 1.165) is 11.4 Å². The normalized spacial score (nSPS) is 10.8. The lowest BCUT2D eigenvalue weighted by Crippen LogP contribution is -2.17. The van der Waals surface area contributed by atoms with E-state index in [0.29, 0.717) is 22.8 Å². The SMILES string of the molecule is O=C(Nc1ccc(-n2cncn2)cc1)c1cc(-c2ccco2)nn1-c1ccccc1. The Bertz CT molecular complexity index is 1260. The van der Waals surface area contributed by atoms with E-state index in [1.54, 1.807) is 34.1 Å². The first kappa shape index (κ1) is 17.6. The van der Waals surface area contributed by atoms with E-state index in [-0.39, 0.29) is 5.91 Å². The fraction of sp³-hybridized carbons (Fsp3) is 0. The summed E-state index contributed by atoms with van der Waals surface area (Å²) in [5, 5.41) is 11.6. The molecule has 5 rings (SSSR count). The molecular weight excluding hydrogens is 380 g/mol. The number of aromatic nitrogens is 5. The maximum atomic E-state index is 13.1. The van der Waals surface area contributed by atoms with Crippen LogP contribution >= 0.6 is 0 Å². The van der Waals surface area contributed by atoms with Gasteiger partial charge in [0.1, 0.15) is 24.0 Å². The van der Waals surface area contributed by atoms with Gasteiger partial charge < -0.3 is 9.73 Å². The van der Waals surface area contributed by atoms with Crippen LogP contribution in [0.15, 0.2) is 96.1 Å². The summed E-state index contributed by atoms with van der Waals surface area (Å²) in [5.41, 5.74) is 3.26. The lowest BCUT2D eigenvalue weighted by molar-refractivity contribution is 0.101. The van der Waals surface area contributed by atoms with Crippen molar-refractivity contribution in [1.29, 1.82) is 0 Å². The molecule has 0 saturated carbocycles. The highest BCUT2D eigenvalue weighted by molar-refractivity contribution is 6.04. The molecule has 0 radical (unpaired) electrons. The summed E-state index contributed by atoms with van der Waals surface area (Å²) >= 11 is 0. The average Bonchev–Trinajstić information content (AvgIpc) is 3.56. The summed E-state index contributed by atoms with van der Waals surface area (Å²) in [6, 6.07) is 22.1. The molecule has 30 heavy (non-hydrogen) atoms. The number of hydrogen-bond acceptors (Lipinski definition) is 5. The Labute approximate surface area is 171 Å². The number of anilines is 1. The molecular formula is C22H16N6O2. The van der Waals surface area contributed by atoms with Crippen molar-refractivity contribution in [1.82, 2.24) is 24.5 Å². The molecule has 0 spiro atoms. The second kappa shape index (κ2) is 7.51. The van der Waals surface area contributed by atoms with Gasteiger partial charge in [-0.15, -0.1) is 0 Å². The van der Waals surface area contributed by atoms with Crippen LogP contribution in [0, 0.1) is 0 Å². The van der Waals surface area contributed by atoms with E-state index in [4.69, 9.17) is 4.42 Å². The molecule has 3 aromatic heterocycles. The minimum atomic E-state index is -0.280. The van der Waals surface area contributed by atoms with Crippen LogP contribution in [0.5, 0.6) is 0 Å². The van der Waals surface area contributed by atoms with Gasteiger partial charge in [-0.25, -0.2) is 14.3 Å². The van der Waals surface area contributed by atoms with E-state index >= 15 is 0 Å². The first-order valence-electron chi connectivity index (χ1n) is 9.24. The highest BCUT2D eigenvalue weighted by Crippen LogP contribution is 2.23. The van der Waals surface area contributed by atoms with Crippen molar-refractivity contribution in [3.63, 3.8) is 0 Å². The minimum Gasteiger partial charge on any atom is -0.463 e. The summed E-state index contributed by atoms with van der Waals surface area (Å²) in [6.07, 6.45) is 4.66. The number of para-hydroxylation sites is 1. The van der Waals surface area contributed by atoms with Crippen LogP contribution in [0.25, 0.3) is 22.8 Å². The third kappa shape index (κ3) is 3.37. The summed E-state index contributed by atoms with van der Waals surface area (Å²) in [7, 11) is 0. The van der Waals surface area contributed by atoms with Crippen LogP contribution in [0.2, 0.25) is 0 Å². The third-order valence-electron chi connectivity index (χ3n) is 4.52. The van der Waals surface area contributed by atoms with E-state index in [1.165, 1.54) is 6.33 Å². The van der Waals surface area contributed by atoms with Gasteiger partial charge in [-0.3, -0.25) is 4.79 Å². The van der Waals surface area contributed by atoms with Crippen LogP contribution in [-0.4, -0.2) is 30.5 Å². The van der Waals surface area contributed by atoms with Crippen molar-refractivity contribution in [2.75, 3.05) is 5.32 Å². The standard InChI is InChI=1S/C22H16N6O2/c29-22(25-16-8-10-17(11-9-16)27-15-23-14-24-27)20-13-19(21-7-4-12-30-21)26-28(20)18-5-2-1-3-6-18/h1-15H,(H,25,29). The number of nitrogens with one attached hydrogen (secondary N) is 1. The fourth-order valence-electron chi connectivity index (χ4n) is 3.09.